The maximum Gasteiger partial charge on any atom is 0.272 e. The van der Waals surface area contributed by atoms with Gasteiger partial charge in [-0.15, -0.1) is 0 Å². The number of carbonyl (C=O) groups is 1. The minimum atomic E-state index is -0.549. The number of hydrogen-bond donors (Lipinski definition) is 1. The second-order valence-electron chi connectivity index (χ2n) is 5.62. The van der Waals surface area contributed by atoms with Gasteiger partial charge in [0.1, 0.15) is 6.04 Å². The van der Waals surface area contributed by atoms with Gasteiger partial charge in [-0.05, 0) is 31.5 Å². The van der Waals surface area contributed by atoms with Gasteiger partial charge in [-0.2, -0.15) is 10.4 Å². The zero-order valence-electron chi connectivity index (χ0n) is 12.9. The molecule has 23 heavy (non-hydrogen) atoms. The summed E-state index contributed by atoms with van der Waals surface area (Å²) in [6.45, 7) is 3.04. The Bertz CT molecular complexity index is 727. The van der Waals surface area contributed by atoms with E-state index in [1.54, 1.807) is 10.7 Å². The lowest BCUT2D eigenvalue weighted by Crippen LogP contribution is -2.39. The highest BCUT2D eigenvalue weighted by Gasteiger charge is 2.28. The molecule has 1 aromatic heterocycles. The maximum atomic E-state index is 12.4. The molecular weight excluding hydrogens is 292 g/mol. The van der Waals surface area contributed by atoms with E-state index in [-0.39, 0.29) is 11.8 Å². The number of rotatable bonds is 4. The number of para-hydroxylation sites is 1. The van der Waals surface area contributed by atoms with Gasteiger partial charge in [-0.25, -0.2) is 4.68 Å². The monoisotopic (exact) mass is 310 g/mol. The Labute approximate surface area is 134 Å². The number of amides is 1. The van der Waals surface area contributed by atoms with Crippen molar-refractivity contribution >= 4 is 5.91 Å². The molecular formula is C17H18N4O2. The number of aromatic nitrogens is 2. The number of nitriles is 1. The van der Waals surface area contributed by atoms with Gasteiger partial charge >= 0.3 is 0 Å². The third-order valence-electron chi connectivity index (χ3n) is 3.98. The van der Waals surface area contributed by atoms with E-state index in [0.717, 1.165) is 17.8 Å². The molecule has 0 unspecified atom stereocenters. The van der Waals surface area contributed by atoms with E-state index in [4.69, 9.17) is 4.74 Å². The lowest BCUT2D eigenvalue weighted by atomic mass is 10.0. The maximum absolute atomic E-state index is 12.4. The quantitative estimate of drug-likeness (QED) is 0.934. The topological polar surface area (TPSA) is 79.9 Å². The molecule has 1 aliphatic heterocycles. The number of hydrogen-bond acceptors (Lipinski definition) is 4. The van der Waals surface area contributed by atoms with Crippen molar-refractivity contribution in [1.82, 2.24) is 15.1 Å². The van der Waals surface area contributed by atoms with Crippen molar-refractivity contribution in [1.29, 1.82) is 5.26 Å². The van der Waals surface area contributed by atoms with Crippen LogP contribution in [0.25, 0.3) is 5.69 Å². The zero-order valence-corrected chi connectivity index (χ0v) is 12.9. The Morgan fingerprint density at radius 2 is 2.26 bits per heavy atom. The van der Waals surface area contributed by atoms with Crippen molar-refractivity contribution in [3.05, 3.63) is 47.8 Å². The minimum Gasteiger partial charge on any atom is -0.381 e. The number of aryl methyl sites for hydroxylation is 1. The van der Waals surface area contributed by atoms with Crippen LogP contribution < -0.4 is 5.32 Å². The fraction of sp³-hybridized carbons (Fsp3) is 0.353. The van der Waals surface area contributed by atoms with Crippen molar-refractivity contribution in [2.24, 2.45) is 5.92 Å². The third kappa shape index (κ3) is 3.25. The second-order valence-corrected chi connectivity index (χ2v) is 5.62. The summed E-state index contributed by atoms with van der Waals surface area (Å²) in [7, 11) is 0. The van der Waals surface area contributed by atoms with E-state index in [9.17, 15) is 10.1 Å². The molecule has 6 heteroatoms. The SMILES string of the molecule is Cc1cc(C(=O)N[C@H](C#N)[C@H]2CCOC2)nn1-c1ccccc1. The third-order valence-corrected chi connectivity index (χ3v) is 3.98. The molecule has 0 aliphatic carbocycles. The van der Waals surface area contributed by atoms with E-state index in [0.29, 0.717) is 18.9 Å². The summed E-state index contributed by atoms with van der Waals surface area (Å²) in [5, 5.41) is 16.4. The summed E-state index contributed by atoms with van der Waals surface area (Å²) in [6.07, 6.45) is 0.788. The first-order valence-corrected chi connectivity index (χ1v) is 7.59. The summed E-state index contributed by atoms with van der Waals surface area (Å²) in [6, 6.07) is 12.9. The first-order valence-electron chi connectivity index (χ1n) is 7.59. The Hall–Kier alpha value is -2.65. The van der Waals surface area contributed by atoms with Gasteiger partial charge in [0.25, 0.3) is 5.91 Å². The molecule has 1 aliphatic rings. The van der Waals surface area contributed by atoms with Crippen molar-refractivity contribution < 1.29 is 9.53 Å². The molecule has 0 radical (unpaired) electrons. The summed E-state index contributed by atoms with van der Waals surface area (Å²) in [5.41, 5.74) is 2.06. The predicted octanol–water partition coefficient (Wildman–Crippen LogP) is 1.84. The zero-order chi connectivity index (χ0) is 16.2. The summed E-state index contributed by atoms with van der Waals surface area (Å²) in [5.74, 6) is -0.289. The van der Waals surface area contributed by atoms with E-state index in [2.05, 4.69) is 16.5 Å². The van der Waals surface area contributed by atoms with Crippen LogP contribution in [0.15, 0.2) is 36.4 Å². The van der Waals surface area contributed by atoms with Crippen molar-refractivity contribution in [3.63, 3.8) is 0 Å². The first-order chi connectivity index (χ1) is 11.2. The van der Waals surface area contributed by atoms with Crippen LogP contribution in [0, 0.1) is 24.2 Å². The fourth-order valence-electron chi connectivity index (χ4n) is 2.70. The second kappa shape index (κ2) is 6.63. The molecule has 1 amide bonds. The van der Waals surface area contributed by atoms with Crippen LogP contribution in [-0.4, -0.2) is 34.9 Å². The highest BCUT2D eigenvalue weighted by molar-refractivity contribution is 5.92. The number of nitrogens with one attached hydrogen (secondary N) is 1. The minimum absolute atomic E-state index is 0.0428. The van der Waals surface area contributed by atoms with Crippen molar-refractivity contribution in [3.8, 4) is 11.8 Å². The highest BCUT2D eigenvalue weighted by atomic mass is 16.5. The van der Waals surface area contributed by atoms with Crippen LogP contribution in [0.5, 0.6) is 0 Å². The largest absolute Gasteiger partial charge is 0.381 e. The molecule has 0 bridgehead atoms. The van der Waals surface area contributed by atoms with E-state index >= 15 is 0 Å². The van der Waals surface area contributed by atoms with Crippen molar-refractivity contribution in [2.45, 2.75) is 19.4 Å². The van der Waals surface area contributed by atoms with Crippen LogP contribution in [-0.2, 0) is 4.74 Å². The molecule has 0 saturated carbocycles. The number of carbonyl (C=O) groups excluding carboxylic acids is 1. The first kappa shape index (κ1) is 15.3. The van der Waals surface area contributed by atoms with E-state index in [1.807, 2.05) is 37.3 Å². The van der Waals surface area contributed by atoms with Crippen LogP contribution in [0.2, 0.25) is 0 Å². The summed E-state index contributed by atoms with van der Waals surface area (Å²) < 4.78 is 7.00. The molecule has 2 heterocycles. The normalized spacial score (nSPS) is 18.3. The molecule has 6 nitrogen and oxygen atoms in total. The van der Waals surface area contributed by atoms with Crippen molar-refractivity contribution in [2.75, 3.05) is 13.2 Å². The standard InChI is InChI=1S/C17H18N4O2/c1-12-9-15(20-21(12)14-5-3-2-4-6-14)17(22)19-16(10-18)13-7-8-23-11-13/h2-6,9,13,16H,7-8,11H2,1H3,(H,19,22)/t13-,16+/m0/s1. The molecule has 2 aromatic rings. The number of benzene rings is 1. The molecule has 2 atom stereocenters. The lowest BCUT2D eigenvalue weighted by molar-refractivity contribution is 0.0925. The van der Waals surface area contributed by atoms with E-state index < -0.39 is 6.04 Å². The van der Waals surface area contributed by atoms with E-state index in [1.165, 1.54) is 0 Å². The van der Waals surface area contributed by atoms with Crippen LogP contribution in [0.4, 0.5) is 0 Å². The predicted molar refractivity (Wildman–Crippen MR) is 84.1 cm³/mol. The summed E-state index contributed by atoms with van der Waals surface area (Å²) in [4.78, 5) is 12.4. The fourth-order valence-corrected chi connectivity index (χ4v) is 2.70. The molecule has 1 saturated heterocycles. The van der Waals surface area contributed by atoms with Crippen LogP contribution in [0.3, 0.4) is 0 Å². The molecule has 1 fully saturated rings. The molecule has 118 valence electrons. The van der Waals surface area contributed by atoms with Crippen LogP contribution in [0.1, 0.15) is 22.6 Å². The van der Waals surface area contributed by atoms with Gasteiger partial charge in [-0.3, -0.25) is 4.79 Å². The smallest absolute Gasteiger partial charge is 0.272 e. The number of nitrogens with zero attached hydrogens (tertiary/aromatic N) is 3. The Kier molecular flexibility index (Phi) is 4.40. The van der Waals surface area contributed by atoms with Crippen LogP contribution >= 0.6 is 0 Å². The molecule has 1 N–H and O–H groups in total. The average Bonchev–Trinajstić information content (AvgIpc) is 3.23. The Morgan fingerprint density at radius 1 is 1.48 bits per heavy atom. The lowest BCUT2D eigenvalue weighted by Gasteiger charge is -2.15. The van der Waals surface area contributed by atoms with Gasteiger partial charge in [0, 0.05) is 18.2 Å². The molecule has 1 aromatic carbocycles. The number of ether oxygens (including phenoxy) is 1. The van der Waals surface area contributed by atoms with Gasteiger partial charge in [0.05, 0.1) is 18.4 Å². The Balaban J connectivity index is 1.77. The van der Waals surface area contributed by atoms with Gasteiger partial charge in [0.2, 0.25) is 0 Å². The van der Waals surface area contributed by atoms with Gasteiger partial charge in [0.15, 0.2) is 5.69 Å². The summed E-state index contributed by atoms with van der Waals surface area (Å²) >= 11 is 0. The highest BCUT2D eigenvalue weighted by Crippen LogP contribution is 2.17. The Morgan fingerprint density at radius 3 is 2.91 bits per heavy atom. The molecule has 3 rings (SSSR count). The van der Waals surface area contributed by atoms with Gasteiger partial charge < -0.3 is 10.1 Å². The molecule has 0 spiro atoms. The average molecular weight is 310 g/mol. The van der Waals surface area contributed by atoms with Gasteiger partial charge in [-0.1, -0.05) is 18.2 Å².